The number of carbonyl (C=O) groups is 1. The van der Waals surface area contributed by atoms with E-state index in [4.69, 9.17) is 4.74 Å². The van der Waals surface area contributed by atoms with Crippen molar-refractivity contribution in [2.24, 2.45) is 0 Å². The zero-order valence-corrected chi connectivity index (χ0v) is 17.4. The van der Waals surface area contributed by atoms with Crippen LogP contribution in [-0.4, -0.2) is 64.3 Å². The second-order valence-electron chi connectivity index (χ2n) is 7.11. The van der Waals surface area contributed by atoms with E-state index in [2.05, 4.69) is 14.9 Å². The lowest BCUT2D eigenvalue weighted by Gasteiger charge is -2.33. The lowest BCUT2D eigenvalue weighted by Crippen LogP contribution is -2.49. The number of nitrogens with one attached hydrogen (secondary N) is 1. The van der Waals surface area contributed by atoms with Gasteiger partial charge in [0.05, 0.1) is 10.9 Å². The van der Waals surface area contributed by atoms with Crippen LogP contribution < -0.4 is 5.56 Å². The number of thioether (sulfide) groups is 1. The molecule has 1 N–H and O–H groups in total. The van der Waals surface area contributed by atoms with E-state index in [0.29, 0.717) is 35.8 Å². The highest BCUT2D eigenvalue weighted by Crippen LogP contribution is 2.15. The molecular formula is C22H24N4O3S. The van der Waals surface area contributed by atoms with E-state index in [-0.39, 0.29) is 11.7 Å². The Morgan fingerprint density at radius 2 is 1.77 bits per heavy atom. The Labute approximate surface area is 179 Å². The molecule has 1 saturated heterocycles. The van der Waals surface area contributed by atoms with Gasteiger partial charge in [-0.3, -0.25) is 9.69 Å². The van der Waals surface area contributed by atoms with Crippen molar-refractivity contribution in [3.63, 3.8) is 0 Å². The van der Waals surface area contributed by atoms with Crippen molar-refractivity contribution in [2.45, 2.75) is 11.8 Å². The molecule has 3 aromatic rings. The number of amides is 1. The molecule has 1 aliphatic rings. The molecule has 2 aromatic carbocycles. The number of nitrogens with zero attached hydrogens (tertiary/aromatic N) is 3. The molecule has 0 atom stereocenters. The summed E-state index contributed by atoms with van der Waals surface area (Å²) in [6, 6.07) is 17.0. The van der Waals surface area contributed by atoms with Gasteiger partial charge in [0.1, 0.15) is 6.61 Å². The van der Waals surface area contributed by atoms with Gasteiger partial charge in [0, 0.05) is 38.5 Å². The molecule has 0 aliphatic carbocycles. The molecule has 8 heteroatoms. The smallest absolute Gasteiger partial charge is 0.410 e. The quantitative estimate of drug-likeness (QED) is 0.484. The normalized spacial score (nSPS) is 14.7. The molecule has 0 unspecified atom stereocenters. The molecule has 0 spiro atoms. The maximum absolute atomic E-state index is 12.3. The van der Waals surface area contributed by atoms with Gasteiger partial charge >= 0.3 is 6.09 Å². The molecule has 1 aromatic heterocycles. The van der Waals surface area contributed by atoms with E-state index < -0.39 is 0 Å². The van der Waals surface area contributed by atoms with E-state index in [1.165, 1.54) is 0 Å². The number of H-pyrrole nitrogens is 1. The lowest BCUT2D eigenvalue weighted by atomic mass is 10.2. The van der Waals surface area contributed by atoms with Gasteiger partial charge in [0.15, 0.2) is 5.16 Å². The summed E-state index contributed by atoms with van der Waals surface area (Å²) in [7, 11) is 0. The van der Waals surface area contributed by atoms with Crippen LogP contribution in [-0.2, 0) is 11.3 Å². The van der Waals surface area contributed by atoms with E-state index in [9.17, 15) is 9.59 Å². The molecular weight excluding hydrogens is 400 g/mol. The number of carbonyl (C=O) groups excluding carboxylic acids is 1. The first-order chi connectivity index (χ1) is 14.7. The van der Waals surface area contributed by atoms with Crippen LogP contribution in [0.3, 0.4) is 0 Å². The highest BCUT2D eigenvalue weighted by molar-refractivity contribution is 7.99. The number of hydrogen-bond acceptors (Lipinski definition) is 6. The van der Waals surface area contributed by atoms with Gasteiger partial charge in [-0.15, -0.1) is 0 Å². The number of hydrogen-bond donors (Lipinski definition) is 1. The minimum Gasteiger partial charge on any atom is -0.445 e. The fourth-order valence-corrected chi connectivity index (χ4v) is 4.24. The Kier molecular flexibility index (Phi) is 6.66. The second kappa shape index (κ2) is 9.77. The number of benzene rings is 2. The summed E-state index contributed by atoms with van der Waals surface area (Å²) in [5, 5.41) is 1.25. The van der Waals surface area contributed by atoms with Crippen molar-refractivity contribution in [3.8, 4) is 0 Å². The van der Waals surface area contributed by atoms with Crippen LogP contribution >= 0.6 is 11.8 Å². The number of ether oxygens (including phenoxy) is 1. The van der Waals surface area contributed by atoms with Gasteiger partial charge < -0.3 is 14.6 Å². The van der Waals surface area contributed by atoms with Crippen LogP contribution in [0.5, 0.6) is 0 Å². The van der Waals surface area contributed by atoms with Crippen LogP contribution in [0.25, 0.3) is 10.9 Å². The predicted octanol–water partition coefficient (Wildman–Crippen LogP) is 2.97. The summed E-state index contributed by atoms with van der Waals surface area (Å²) in [6.45, 7) is 4.10. The van der Waals surface area contributed by atoms with Crippen molar-refractivity contribution in [1.29, 1.82) is 0 Å². The fraction of sp³-hybridized carbons (Fsp3) is 0.318. The predicted molar refractivity (Wildman–Crippen MR) is 118 cm³/mol. The first kappa shape index (κ1) is 20.4. The van der Waals surface area contributed by atoms with Crippen LogP contribution in [0.2, 0.25) is 0 Å². The number of para-hydroxylation sites is 1. The standard InChI is InChI=1S/C22H24N4O3S/c27-20-18-8-4-5-9-19(18)23-21(24-20)30-15-14-25-10-12-26(13-11-25)22(28)29-16-17-6-2-1-3-7-17/h1-9H,10-16H2,(H,23,24,27). The van der Waals surface area contributed by atoms with E-state index >= 15 is 0 Å². The molecule has 156 valence electrons. The monoisotopic (exact) mass is 424 g/mol. The van der Waals surface area contributed by atoms with Crippen molar-refractivity contribution in [3.05, 3.63) is 70.5 Å². The highest BCUT2D eigenvalue weighted by atomic mass is 32.2. The third kappa shape index (κ3) is 5.20. The lowest BCUT2D eigenvalue weighted by molar-refractivity contribution is 0.0731. The molecule has 1 aliphatic heterocycles. The highest BCUT2D eigenvalue weighted by Gasteiger charge is 2.22. The van der Waals surface area contributed by atoms with Crippen molar-refractivity contribution >= 4 is 28.8 Å². The number of aromatic amines is 1. The summed E-state index contributed by atoms with van der Waals surface area (Å²) in [4.78, 5) is 35.8. The van der Waals surface area contributed by atoms with E-state index in [0.717, 1.165) is 31.0 Å². The van der Waals surface area contributed by atoms with E-state index in [1.54, 1.807) is 22.7 Å². The summed E-state index contributed by atoms with van der Waals surface area (Å²) in [5.74, 6) is 0.819. The molecule has 4 rings (SSSR count). The largest absolute Gasteiger partial charge is 0.445 e. The Morgan fingerprint density at radius 3 is 2.57 bits per heavy atom. The molecule has 0 bridgehead atoms. The van der Waals surface area contributed by atoms with Crippen LogP contribution in [0, 0.1) is 0 Å². The van der Waals surface area contributed by atoms with Gasteiger partial charge in [0.25, 0.3) is 5.56 Å². The van der Waals surface area contributed by atoms with Gasteiger partial charge in [-0.2, -0.15) is 0 Å². The minimum atomic E-state index is -0.259. The fourth-order valence-electron chi connectivity index (χ4n) is 3.37. The minimum absolute atomic E-state index is 0.106. The summed E-state index contributed by atoms with van der Waals surface area (Å²) in [5.41, 5.74) is 1.60. The number of fused-ring (bicyclic) bond motifs is 1. The van der Waals surface area contributed by atoms with Gasteiger partial charge in [0.2, 0.25) is 0 Å². The first-order valence-electron chi connectivity index (χ1n) is 9.99. The summed E-state index contributed by atoms with van der Waals surface area (Å²) < 4.78 is 5.41. The maximum Gasteiger partial charge on any atom is 0.410 e. The van der Waals surface area contributed by atoms with Crippen molar-refractivity contribution in [1.82, 2.24) is 19.8 Å². The summed E-state index contributed by atoms with van der Waals surface area (Å²) in [6.07, 6.45) is -0.259. The van der Waals surface area contributed by atoms with Gasteiger partial charge in [-0.25, -0.2) is 9.78 Å². The Hall–Kier alpha value is -2.84. The van der Waals surface area contributed by atoms with Crippen molar-refractivity contribution in [2.75, 3.05) is 38.5 Å². The first-order valence-corrected chi connectivity index (χ1v) is 11.0. The van der Waals surface area contributed by atoms with Crippen LogP contribution in [0.1, 0.15) is 5.56 Å². The zero-order chi connectivity index (χ0) is 20.8. The molecule has 1 fully saturated rings. The number of piperazine rings is 1. The maximum atomic E-state index is 12.3. The average molecular weight is 425 g/mol. The molecule has 1 amide bonds. The average Bonchev–Trinajstić information content (AvgIpc) is 2.79. The van der Waals surface area contributed by atoms with Crippen molar-refractivity contribution < 1.29 is 9.53 Å². The van der Waals surface area contributed by atoms with Crippen LogP contribution in [0.4, 0.5) is 4.79 Å². The molecule has 30 heavy (non-hydrogen) atoms. The third-order valence-electron chi connectivity index (χ3n) is 5.07. The van der Waals surface area contributed by atoms with Gasteiger partial charge in [-0.05, 0) is 17.7 Å². The number of rotatable bonds is 6. The second-order valence-corrected chi connectivity index (χ2v) is 8.19. The van der Waals surface area contributed by atoms with Gasteiger partial charge in [-0.1, -0.05) is 54.2 Å². The summed E-state index contributed by atoms with van der Waals surface area (Å²) >= 11 is 1.54. The topological polar surface area (TPSA) is 78.5 Å². The molecule has 0 saturated carbocycles. The van der Waals surface area contributed by atoms with Crippen LogP contribution in [0.15, 0.2) is 64.5 Å². The SMILES string of the molecule is O=C(OCc1ccccc1)N1CCN(CCSc2nc3ccccc3c(=O)[nH]2)CC1. The Balaban J connectivity index is 1.20. The third-order valence-corrected chi connectivity index (χ3v) is 5.93. The molecule has 2 heterocycles. The molecule has 0 radical (unpaired) electrons. The Bertz CT molecular complexity index is 1050. The Morgan fingerprint density at radius 1 is 1.03 bits per heavy atom. The molecule has 7 nitrogen and oxygen atoms in total. The van der Waals surface area contributed by atoms with E-state index in [1.807, 2.05) is 48.5 Å². The number of aromatic nitrogens is 2. The zero-order valence-electron chi connectivity index (χ0n) is 16.6.